The fourth-order valence-electron chi connectivity index (χ4n) is 1.04. The van der Waals surface area contributed by atoms with E-state index in [1.54, 1.807) is 0 Å². The lowest BCUT2D eigenvalue weighted by molar-refractivity contribution is 0.298. The Kier molecular flexibility index (Phi) is 2.54. The third-order valence-corrected chi connectivity index (χ3v) is 1.39. The van der Waals surface area contributed by atoms with Crippen LogP contribution in [0.4, 0.5) is 0 Å². The summed E-state index contributed by atoms with van der Waals surface area (Å²) < 4.78 is 0. The Morgan fingerprint density at radius 1 is 1.36 bits per heavy atom. The van der Waals surface area contributed by atoms with Gasteiger partial charge in [0.25, 0.3) is 0 Å². The first kappa shape index (κ1) is 8.14. The number of aliphatic hydroxyl groups is 1. The topological polar surface area (TPSA) is 46.0 Å². The molecule has 1 N–H and O–H groups in total. The van der Waals surface area contributed by atoms with Crippen LogP contribution in [0.1, 0.15) is 17.2 Å². The Morgan fingerprint density at radius 2 is 2.09 bits per heavy atom. The van der Waals surface area contributed by atoms with Crippen molar-refractivity contribution in [3.8, 4) is 0 Å². The number of rotatable bonds is 2. The largest absolute Gasteiger partial charge is 0.396 e. The summed E-state index contributed by atoms with van der Waals surface area (Å²) in [6.45, 7) is 3.93. The maximum absolute atomic E-state index is 8.64. The van der Waals surface area contributed by atoms with Gasteiger partial charge in [-0.2, -0.15) is 0 Å². The molecule has 1 rings (SSSR count). The van der Waals surface area contributed by atoms with Gasteiger partial charge in [0.1, 0.15) is 5.82 Å². The molecule has 0 radical (unpaired) electrons. The van der Waals surface area contributed by atoms with Crippen LogP contribution in [-0.4, -0.2) is 21.7 Å². The lowest BCUT2D eigenvalue weighted by Gasteiger charge is -1.99. The van der Waals surface area contributed by atoms with E-state index in [2.05, 4.69) is 9.97 Å². The van der Waals surface area contributed by atoms with E-state index in [0.29, 0.717) is 6.42 Å². The first-order valence-electron chi connectivity index (χ1n) is 3.64. The van der Waals surface area contributed by atoms with Crippen LogP contribution < -0.4 is 0 Å². The molecule has 0 aliphatic rings. The van der Waals surface area contributed by atoms with E-state index in [1.807, 2.05) is 19.9 Å². The van der Waals surface area contributed by atoms with Gasteiger partial charge in [-0.15, -0.1) is 0 Å². The van der Waals surface area contributed by atoms with Gasteiger partial charge in [-0.25, -0.2) is 9.97 Å². The minimum Gasteiger partial charge on any atom is -0.396 e. The second kappa shape index (κ2) is 3.44. The van der Waals surface area contributed by atoms with Crippen LogP contribution >= 0.6 is 0 Å². The van der Waals surface area contributed by atoms with Crippen LogP contribution in [0, 0.1) is 13.8 Å². The molecule has 3 nitrogen and oxygen atoms in total. The highest BCUT2D eigenvalue weighted by molar-refractivity contribution is 5.09. The van der Waals surface area contributed by atoms with Gasteiger partial charge in [-0.1, -0.05) is 0 Å². The van der Waals surface area contributed by atoms with Gasteiger partial charge in [0.2, 0.25) is 0 Å². The van der Waals surface area contributed by atoms with E-state index in [4.69, 9.17) is 5.11 Å². The van der Waals surface area contributed by atoms with Crippen LogP contribution in [-0.2, 0) is 6.42 Å². The molecule has 11 heavy (non-hydrogen) atoms. The first-order valence-corrected chi connectivity index (χ1v) is 3.64. The molecule has 0 aliphatic heterocycles. The monoisotopic (exact) mass is 152 g/mol. The van der Waals surface area contributed by atoms with Crippen molar-refractivity contribution in [3.63, 3.8) is 0 Å². The van der Waals surface area contributed by atoms with Crippen molar-refractivity contribution in [1.29, 1.82) is 0 Å². The third-order valence-electron chi connectivity index (χ3n) is 1.39. The van der Waals surface area contributed by atoms with Crippen molar-refractivity contribution in [2.75, 3.05) is 6.61 Å². The van der Waals surface area contributed by atoms with Crippen molar-refractivity contribution >= 4 is 0 Å². The summed E-state index contributed by atoms with van der Waals surface area (Å²) in [5.41, 5.74) is 1.87. The average Bonchev–Trinajstić information content (AvgIpc) is 1.85. The van der Waals surface area contributed by atoms with Gasteiger partial charge in [0.15, 0.2) is 0 Å². The van der Waals surface area contributed by atoms with Crippen molar-refractivity contribution in [2.24, 2.45) is 0 Å². The summed E-state index contributed by atoms with van der Waals surface area (Å²) in [6.07, 6.45) is 0.615. The van der Waals surface area contributed by atoms with E-state index in [9.17, 15) is 0 Å². The molecule has 60 valence electrons. The zero-order valence-electron chi connectivity index (χ0n) is 6.83. The molecule has 0 spiro atoms. The lowest BCUT2D eigenvalue weighted by Crippen LogP contribution is -1.99. The van der Waals surface area contributed by atoms with Gasteiger partial charge in [0.05, 0.1) is 0 Å². The molecule has 0 atom stereocenters. The predicted octanol–water partition coefficient (Wildman–Crippen LogP) is 0.628. The number of hydrogen-bond donors (Lipinski definition) is 1. The highest BCUT2D eigenvalue weighted by Gasteiger charge is 1.96. The molecule has 0 aliphatic carbocycles. The third kappa shape index (κ3) is 2.27. The fraction of sp³-hybridized carbons (Fsp3) is 0.500. The molecule has 1 aromatic heterocycles. The normalized spacial score (nSPS) is 10.1. The number of aryl methyl sites for hydroxylation is 2. The number of nitrogens with zero attached hydrogens (tertiary/aromatic N) is 2. The average molecular weight is 152 g/mol. The maximum atomic E-state index is 8.64. The maximum Gasteiger partial charge on any atom is 0.125 e. The summed E-state index contributed by atoms with van der Waals surface area (Å²) in [7, 11) is 0. The molecular formula is C8H12N2O. The van der Waals surface area contributed by atoms with Crippen molar-refractivity contribution in [2.45, 2.75) is 20.3 Å². The van der Waals surface area contributed by atoms with E-state index in [0.717, 1.165) is 17.2 Å². The van der Waals surface area contributed by atoms with Gasteiger partial charge < -0.3 is 5.11 Å². The predicted molar refractivity (Wildman–Crippen MR) is 42.3 cm³/mol. The standard InChI is InChI=1S/C8H12N2O/c1-6-5-8(3-4-11)10-7(2)9-6/h5,11H,3-4H2,1-2H3. The minimum absolute atomic E-state index is 0.149. The molecule has 1 aromatic rings. The first-order chi connectivity index (χ1) is 5.22. The number of aliphatic hydroxyl groups excluding tert-OH is 1. The lowest BCUT2D eigenvalue weighted by atomic mass is 10.2. The van der Waals surface area contributed by atoms with Gasteiger partial charge in [-0.3, -0.25) is 0 Å². The Balaban J connectivity index is 2.89. The molecule has 0 fully saturated rings. The van der Waals surface area contributed by atoms with Crippen LogP contribution in [0.3, 0.4) is 0 Å². The summed E-state index contributed by atoms with van der Waals surface area (Å²) in [4.78, 5) is 8.28. The zero-order valence-corrected chi connectivity index (χ0v) is 6.83. The van der Waals surface area contributed by atoms with Gasteiger partial charge in [0, 0.05) is 24.4 Å². The highest BCUT2D eigenvalue weighted by atomic mass is 16.3. The van der Waals surface area contributed by atoms with Crippen LogP contribution in [0.2, 0.25) is 0 Å². The van der Waals surface area contributed by atoms with E-state index < -0.39 is 0 Å². The molecule has 1 heterocycles. The van der Waals surface area contributed by atoms with Crippen LogP contribution in [0.5, 0.6) is 0 Å². The number of hydrogen-bond acceptors (Lipinski definition) is 3. The minimum atomic E-state index is 0.149. The summed E-state index contributed by atoms with van der Waals surface area (Å²) in [6, 6.07) is 1.89. The fourth-order valence-corrected chi connectivity index (χ4v) is 1.04. The second-order valence-electron chi connectivity index (χ2n) is 2.52. The summed E-state index contributed by atoms with van der Waals surface area (Å²) in [5.74, 6) is 0.772. The quantitative estimate of drug-likeness (QED) is 0.676. The van der Waals surface area contributed by atoms with E-state index >= 15 is 0 Å². The molecule has 0 unspecified atom stereocenters. The van der Waals surface area contributed by atoms with Crippen molar-refractivity contribution in [3.05, 3.63) is 23.3 Å². The Hall–Kier alpha value is -0.960. The smallest absolute Gasteiger partial charge is 0.125 e. The summed E-state index contributed by atoms with van der Waals surface area (Å²) in [5, 5.41) is 8.64. The molecule has 3 heteroatoms. The molecule has 0 saturated heterocycles. The molecule has 0 amide bonds. The Bertz CT molecular complexity index is 228. The van der Waals surface area contributed by atoms with Crippen LogP contribution in [0.15, 0.2) is 6.07 Å². The SMILES string of the molecule is Cc1cc(CCO)nc(C)n1. The molecule has 0 bridgehead atoms. The van der Waals surface area contributed by atoms with E-state index in [-0.39, 0.29) is 6.61 Å². The van der Waals surface area contributed by atoms with Gasteiger partial charge in [-0.05, 0) is 19.9 Å². The van der Waals surface area contributed by atoms with Gasteiger partial charge >= 0.3 is 0 Å². The zero-order chi connectivity index (χ0) is 8.27. The molecular weight excluding hydrogens is 140 g/mol. The van der Waals surface area contributed by atoms with Crippen molar-refractivity contribution in [1.82, 2.24) is 9.97 Å². The number of aromatic nitrogens is 2. The Morgan fingerprint density at radius 3 is 2.64 bits per heavy atom. The van der Waals surface area contributed by atoms with E-state index in [1.165, 1.54) is 0 Å². The summed E-state index contributed by atoms with van der Waals surface area (Å²) >= 11 is 0. The molecule has 0 aromatic carbocycles. The van der Waals surface area contributed by atoms with Crippen LogP contribution in [0.25, 0.3) is 0 Å². The highest BCUT2D eigenvalue weighted by Crippen LogP contribution is 1.99. The second-order valence-corrected chi connectivity index (χ2v) is 2.52. The van der Waals surface area contributed by atoms with Crippen molar-refractivity contribution < 1.29 is 5.11 Å². The molecule has 0 saturated carbocycles. The Labute approximate surface area is 66.1 Å².